The van der Waals surface area contributed by atoms with Crippen molar-refractivity contribution in [3.63, 3.8) is 0 Å². The monoisotopic (exact) mass is 597 g/mol. The van der Waals surface area contributed by atoms with Gasteiger partial charge in [0.15, 0.2) is 16.5 Å². The number of thiazole rings is 1. The maximum absolute atomic E-state index is 14.9. The van der Waals surface area contributed by atoms with Gasteiger partial charge in [-0.2, -0.15) is 13.2 Å². The molecule has 3 heterocycles. The molecule has 35 heavy (non-hydrogen) atoms. The highest BCUT2D eigenvalue weighted by molar-refractivity contribution is 9.10. The van der Waals surface area contributed by atoms with E-state index in [4.69, 9.17) is 0 Å². The second kappa shape index (κ2) is 9.95. The largest absolute Gasteiger partial charge is 0.433 e. The molecule has 1 aliphatic heterocycles. The van der Waals surface area contributed by atoms with Crippen LogP contribution in [-0.4, -0.2) is 42.4 Å². The molecule has 1 unspecified atom stereocenters. The summed E-state index contributed by atoms with van der Waals surface area (Å²) in [6.45, 7) is 1.06. The molecule has 1 aromatic carbocycles. The van der Waals surface area contributed by atoms with Crippen LogP contribution in [0.2, 0.25) is 0 Å². The summed E-state index contributed by atoms with van der Waals surface area (Å²) in [5.74, 6) is -2.66. The Bertz CT molecular complexity index is 1320. The minimum Gasteiger partial charge on any atom is -0.380 e. The molecule has 7 nitrogen and oxygen atoms in total. The summed E-state index contributed by atoms with van der Waals surface area (Å²) in [4.78, 5) is 8.11. The fraction of sp³-hybridized carbons (Fsp3) is 0.300. The molecule has 1 aliphatic rings. The number of hydrogen-bond acceptors (Lipinski definition) is 7. The molecule has 188 valence electrons. The minimum atomic E-state index is -4.58. The first-order chi connectivity index (χ1) is 16.4. The molecule has 4 rings (SSSR count). The lowest BCUT2D eigenvalue weighted by Gasteiger charge is -2.19. The van der Waals surface area contributed by atoms with E-state index in [0.717, 1.165) is 23.5 Å². The highest BCUT2D eigenvalue weighted by atomic mass is 79.9. The molecule has 2 N–H and O–H groups in total. The van der Waals surface area contributed by atoms with Gasteiger partial charge in [-0.3, -0.25) is 9.62 Å². The number of aromatic nitrogens is 2. The van der Waals surface area contributed by atoms with Crippen molar-refractivity contribution < 1.29 is 30.4 Å². The van der Waals surface area contributed by atoms with Crippen molar-refractivity contribution in [2.24, 2.45) is 0 Å². The number of pyridine rings is 1. The fourth-order valence-electron chi connectivity index (χ4n) is 3.65. The van der Waals surface area contributed by atoms with Crippen LogP contribution in [0.3, 0.4) is 0 Å². The topological polar surface area (TPSA) is 87.2 Å². The molecule has 0 spiro atoms. The Morgan fingerprint density at radius 3 is 2.71 bits per heavy atom. The van der Waals surface area contributed by atoms with Crippen molar-refractivity contribution in [1.29, 1.82) is 0 Å². The number of nitrogens with zero attached hydrogens (tertiary/aromatic N) is 3. The molecule has 0 amide bonds. The van der Waals surface area contributed by atoms with Crippen LogP contribution in [0.5, 0.6) is 0 Å². The van der Waals surface area contributed by atoms with E-state index in [2.05, 4.69) is 31.2 Å². The van der Waals surface area contributed by atoms with Crippen LogP contribution >= 0.6 is 27.3 Å². The van der Waals surface area contributed by atoms with Crippen LogP contribution in [0.15, 0.2) is 44.5 Å². The van der Waals surface area contributed by atoms with Crippen molar-refractivity contribution in [1.82, 2.24) is 14.9 Å². The number of likely N-dealkylation sites (tertiary alicyclic amines) is 1. The number of anilines is 2. The van der Waals surface area contributed by atoms with E-state index in [-0.39, 0.29) is 34.3 Å². The van der Waals surface area contributed by atoms with Crippen LogP contribution in [0.4, 0.5) is 33.5 Å². The van der Waals surface area contributed by atoms with Crippen molar-refractivity contribution in [3.8, 4) is 0 Å². The van der Waals surface area contributed by atoms with E-state index in [0.29, 0.717) is 19.5 Å². The zero-order valence-electron chi connectivity index (χ0n) is 17.6. The van der Waals surface area contributed by atoms with Crippen molar-refractivity contribution in [3.05, 3.63) is 62.7 Å². The summed E-state index contributed by atoms with van der Waals surface area (Å²) in [5, 5.41) is 4.35. The molecule has 1 atom stereocenters. The lowest BCUT2D eigenvalue weighted by Crippen LogP contribution is -2.27. The Kier molecular flexibility index (Phi) is 7.31. The van der Waals surface area contributed by atoms with Gasteiger partial charge in [-0.15, -0.1) is 11.3 Å². The van der Waals surface area contributed by atoms with E-state index < -0.39 is 38.4 Å². The van der Waals surface area contributed by atoms with E-state index in [1.807, 2.05) is 9.62 Å². The van der Waals surface area contributed by atoms with Crippen LogP contribution in [0.25, 0.3) is 0 Å². The van der Waals surface area contributed by atoms with E-state index in [9.17, 15) is 30.4 Å². The Labute approximate surface area is 209 Å². The Morgan fingerprint density at radius 1 is 1.26 bits per heavy atom. The SMILES string of the molecule is O=S(=O)(Nc1cscn1)c1c(F)cc(NC2CCN(Cc3cccc(C(F)(F)F)n3)C2)c(Br)c1F. The predicted octanol–water partition coefficient (Wildman–Crippen LogP) is 5.08. The quantitative estimate of drug-likeness (QED) is 0.292. The molecule has 2 aromatic heterocycles. The second-order valence-corrected chi connectivity index (χ2v) is 10.9. The molecular weight excluding hydrogens is 581 g/mol. The van der Waals surface area contributed by atoms with E-state index in [1.54, 1.807) is 0 Å². The third kappa shape index (κ3) is 5.90. The average Bonchev–Trinajstić information content (AvgIpc) is 3.43. The molecule has 3 aromatic rings. The maximum Gasteiger partial charge on any atom is 0.433 e. The first kappa shape index (κ1) is 25.7. The fourth-order valence-corrected chi connectivity index (χ4v) is 5.91. The summed E-state index contributed by atoms with van der Waals surface area (Å²) in [6, 6.07) is 4.27. The summed E-state index contributed by atoms with van der Waals surface area (Å²) < 4.78 is 95.1. The van der Waals surface area contributed by atoms with Gasteiger partial charge in [0, 0.05) is 31.1 Å². The van der Waals surface area contributed by atoms with Gasteiger partial charge in [0.05, 0.1) is 21.4 Å². The first-order valence-electron chi connectivity index (χ1n) is 10.0. The summed E-state index contributed by atoms with van der Waals surface area (Å²) in [5.41, 5.74) is 0.650. The smallest absolute Gasteiger partial charge is 0.380 e. The average molecular weight is 598 g/mol. The number of sulfonamides is 1. The first-order valence-corrected chi connectivity index (χ1v) is 13.3. The van der Waals surface area contributed by atoms with Gasteiger partial charge in [-0.25, -0.2) is 27.2 Å². The second-order valence-electron chi connectivity index (χ2n) is 7.72. The van der Waals surface area contributed by atoms with Crippen molar-refractivity contribution >= 4 is 48.8 Å². The van der Waals surface area contributed by atoms with E-state index >= 15 is 0 Å². The maximum atomic E-state index is 14.9. The van der Waals surface area contributed by atoms with Crippen LogP contribution < -0.4 is 10.0 Å². The highest BCUT2D eigenvalue weighted by Gasteiger charge is 2.33. The molecule has 1 fully saturated rings. The lowest BCUT2D eigenvalue weighted by atomic mass is 10.2. The van der Waals surface area contributed by atoms with Gasteiger partial charge < -0.3 is 5.32 Å². The predicted molar refractivity (Wildman–Crippen MR) is 124 cm³/mol. The minimum absolute atomic E-state index is 0.0108. The van der Waals surface area contributed by atoms with Gasteiger partial charge in [-0.05, 0) is 40.5 Å². The number of nitrogens with one attached hydrogen (secondary N) is 2. The highest BCUT2D eigenvalue weighted by Crippen LogP contribution is 2.35. The number of hydrogen-bond donors (Lipinski definition) is 2. The van der Waals surface area contributed by atoms with Crippen LogP contribution in [-0.2, 0) is 22.7 Å². The molecular formula is C20H17BrF5N5O2S2. The lowest BCUT2D eigenvalue weighted by molar-refractivity contribution is -0.141. The number of rotatable bonds is 7. The molecule has 1 saturated heterocycles. The van der Waals surface area contributed by atoms with Crippen LogP contribution in [0.1, 0.15) is 17.8 Å². The Balaban J connectivity index is 1.46. The zero-order chi connectivity index (χ0) is 25.4. The van der Waals surface area contributed by atoms with Gasteiger partial charge >= 0.3 is 6.18 Å². The van der Waals surface area contributed by atoms with Gasteiger partial charge in [0.25, 0.3) is 10.0 Å². The molecule has 0 radical (unpaired) electrons. The van der Waals surface area contributed by atoms with Crippen molar-refractivity contribution in [2.75, 3.05) is 23.1 Å². The third-order valence-electron chi connectivity index (χ3n) is 5.17. The third-order valence-corrected chi connectivity index (χ3v) is 7.92. The molecule has 0 saturated carbocycles. The van der Waals surface area contributed by atoms with Gasteiger partial charge in [0.2, 0.25) is 0 Å². The Morgan fingerprint density at radius 2 is 2.03 bits per heavy atom. The summed E-state index contributed by atoms with van der Waals surface area (Å²) in [6.07, 6.45) is -4.00. The Hall–Kier alpha value is -2.36. The van der Waals surface area contributed by atoms with Gasteiger partial charge in [0.1, 0.15) is 11.5 Å². The number of alkyl halides is 3. The zero-order valence-corrected chi connectivity index (χ0v) is 20.8. The molecule has 15 heteroatoms. The van der Waals surface area contributed by atoms with Crippen molar-refractivity contribution in [2.45, 2.75) is 30.1 Å². The number of halogens is 6. The van der Waals surface area contributed by atoms with Crippen LogP contribution in [0, 0.1) is 11.6 Å². The standard InChI is InChI=1S/C20H17BrF5N5O2S2/c21-17-14(6-13(22)19(18(17)23)35(32,33)30-16-9-34-10-27-16)28-12-4-5-31(8-12)7-11-2-1-3-15(29-11)20(24,25)26/h1-3,6,9-10,12,28,30H,4-5,7-8H2. The van der Waals surface area contributed by atoms with Gasteiger partial charge in [-0.1, -0.05) is 6.07 Å². The normalized spacial score (nSPS) is 17.0. The molecule has 0 aliphatic carbocycles. The molecule has 0 bridgehead atoms. The summed E-state index contributed by atoms with van der Waals surface area (Å²) >= 11 is 4.10. The number of benzene rings is 1. The summed E-state index contributed by atoms with van der Waals surface area (Å²) in [7, 11) is -4.58. The van der Waals surface area contributed by atoms with E-state index in [1.165, 1.54) is 23.0 Å².